The number of carbonyl (C=O) groups excluding carboxylic acids is 1. The predicted octanol–water partition coefficient (Wildman–Crippen LogP) is 1.57. The number of nitrogens with one attached hydrogen (secondary N) is 1. The lowest BCUT2D eigenvalue weighted by atomic mass is 10.0. The van der Waals surface area contributed by atoms with Gasteiger partial charge in [-0.15, -0.1) is 0 Å². The van der Waals surface area contributed by atoms with Crippen molar-refractivity contribution in [1.29, 1.82) is 0 Å². The summed E-state index contributed by atoms with van der Waals surface area (Å²) >= 11 is 0. The van der Waals surface area contributed by atoms with Crippen molar-refractivity contribution in [3.8, 4) is 0 Å². The second-order valence-electron chi connectivity index (χ2n) is 6.99. The van der Waals surface area contributed by atoms with Gasteiger partial charge >= 0.3 is 29.2 Å². The maximum Gasteiger partial charge on any atom is 0.460 e. The molecule has 0 aliphatic carbocycles. The summed E-state index contributed by atoms with van der Waals surface area (Å²) in [7, 11) is -4.10. The van der Waals surface area contributed by atoms with Crippen LogP contribution in [0.15, 0.2) is 0 Å². The normalized spacial score (nSPS) is 15.3. The average molecular weight is 506 g/mol. The highest BCUT2D eigenvalue weighted by molar-refractivity contribution is 7.90. The molecule has 0 fully saturated rings. The van der Waals surface area contributed by atoms with Crippen molar-refractivity contribution in [3.05, 3.63) is 0 Å². The minimum atomic E-state index is -7.83. The number of quaternary nitrogens is 1. The summed E-state index contributed by atoms with van der Waals surface area (Å²) in [4.78, 5) is 10.4. The Kier molecular flexibility index (Phi) is 8.43. The molecule has 18 heteroatoms. The Hall–Kier alpha value is -1.43. The van der Waals surface area contributed by atoms with Crippen LogP contribution in [-0.2, 0) is 14.8 Å². The first-order valence-corrected chi connectivity index (χ1v) is 9.45. The van der Waals surface area contributed by atoms with E-state index in [9.17, 15) is 66.6 Å². The molecule has 0 heterocycles. The van der Waals surface area contributed by atoms with Gasteiger partial charge in [-0.2, -0.15) is 48.3 Å². The maximum absolute atomic E-state index is 13.6. The molecule has 1 N–H and O–H groups in total. The number of hydrogen-bond donors (Lipinski definition) is 1. The fraction of sp³-hybridized carbons (Fsp3) is 0.923. The number of carboxylic acids is 1. The van der Waals surface area contributed by atoms with Crippen molar-refractivity contribution in [2.24, 2.45) is 0 Å². The van der Waals surface area contributed by atoms with Crippen molar-refractivity contribution < 1.29 is 71.1 Å². The number of aliphatic carboxylic acids is 1. The average Bonchev–Trinajstić information content (AvgIpc) is 2.55. The number of carboxylic acid groups (broad SMARTS) is 1. The number of rotatable bonds is 12. The molecule has 6 nitrogen and oxygen atoms in total. The summed E-state index contributed by atoms with van der Waals surface area (Å²) < 4.78 is 165. The second kappa shape index (κ2) is 8.84. The number of alkyl halides is 11. The van der Waals surface area contributed by atoms with Gasteiger partial charge in [0.25, 0.3) is 10.0 Å². The monoisotopic (exact) mass is 506 g/mol. The number of sulfonamides is 1. The standard InChI is InChI=1S/C13H17F11N2O4S/c1-26(2,7-4-8(27)28)6-3-5-25-31(29,30)13(23,24)11(18,19)9(14,15)10(16,17)12(20,21)22/h25H,3-7H2,1-2H3. The van der Waals surface area contributed by atoms with Crippen LogP contribution >= 0.6 is 0 Å². The van der Waals surface area contributed by atoms with Crippen molar-refractivity contribution in [2.45, 2.75) is 42.0 Å². The largest absolute Gasteiger partial charge is 0.550 e. The molecule has 0 radical (unpaired) electrons. The first kappa shape index (κ1) is 29.6. The summed E-state index contributed by atoms with van der Waals surface area (Å²) in [6.07, 6.45) is -8.33. The van der Waals surface area contributed by atoms with Crippen LogP contribution < -0.4 is 9.83 Å². The predicted molar refractivity (Wildman–Crippen MR) is 78.8 cm³/mol. The molecule has 0 aromatic rings. The molecule has 0 aromatic carbocycles. The van der Waals surface area contributed by atoms with Crippen molar-refractivity contribution in [1.82, 2.24) is 4.72 Å². The van der Waals surface area contributed by atoms with E-state index in [0.717, 1.165) is 4.72 Å². The molecule has 0 aromatic heterocycles. The molecule has 31 heavy (non-hydrogen) atoms. The Morgan fingerprint density at radius 1 is 0.839 bits per heavy atom. The highest BCUT2D eigenvalue weighted by atomic mass is 32.2. The first-order valence-electron chi connectivity index (χ1n) is 7.96. The fourth-order valence-electron chi connectivity index (χ4n) is 2.04. The van der Waals surface area contributed by atoms with Crippen molar-refractivity contribution in [2.75, 3.05) is 33.7 Å². The highest BCUT2D eigenvalue weighted by Gasteiger charge is 2.89. The van der Waals surface area contributed by atoms with E-state index in [1.165, 1.54) is 14.1 Å². The molecule has 0 saturated carbocycles. The van der Waals surface area contributed by atoms with E-state index in [1.807, 2.05) is 0 Å². The van der Waals surface area contributed by atoms with E-state index in [2.05, 4.69) is 0 Å². The van der Waals surface area contributed by atoms with Crippen LogP contribution in [0.3, 0.4) is 0 Å². The number of hydrogen-bond acceptors (Lipinski definition) is 4. The first-order chi connectivity index (χ1) is 13.4. The van der Waals surface area contributed by atoms with E-state index >= 15 is 0 Å². The van der Waals surface area contributed by atoms with Gasteiger partial charge in [-0.1, -0.05) is 0 Å². The third-order valence-electron chi connectivity index (χ3n) is 4.00. The SMILES string of the molecule is C[N+](C)(CCCNS(=O)(=O)C(F)(F)C(F)(F)C(F)(F)C(F)(F)C(F)(F)F)CCC(=O)[O-]. The molecule has 186 valence electrons. The van der Waals surface area contributed by atoms with Crippen LogP contribution in [-0.4, -0.2) is 81.8 Å². The lowest BCUT2D eigenvalue weighted by Gasteiger charge is -2.36. The lowest BCUT2D eigenvalue weighted by Crippen LogP contribution is -2.69. The van der Waals surface area contributed by atoms with Crippen LogP contribution in [0, 0.1) is 0 Å². The van der Waals surface area contributed by atoms with Gasteiger partial charge in [0, 0.05) is 25.4 Å². The van der Waals surface area contributed by atoms with Crippen LogP contribution in [0.2, 0.25) is 0 Å². The van der Waals surface area contributed by atoms with Gasteiger partial charge in [0.15, 0.2) is 0 Å². The molecule has 0 aliphatic rings. The Bertz CT molecular complexity index is 751. The Labute approximate surface area is 168 Å². The number of nitrogens with zero attached hydrogens (tertiary/aromatic N) is 1. The third-order valence-corrected chi connectivity index (χ3v) is 5.52. The Morgan fingerprint density at radius 3 is 1.68 bits per heavy atom. The van der Waals surface area contributed by atoms with Crippen LogP contribution in [0.25, 0.3) is 0 Å². The Balaban J connectivity index is 5.50. The maximum atomic E-state index is 13.6. The fourth-order valence-corrected chi connectivity index (χ4v) is 3.10. The smallest absolute Gasteiger partial charge is 0.460 e. The zero-order valence-electron chi connectivity index (χ0n) is 15.7. The zero-order chi connectivity index (χ0) is 25.3. The third kappa shape index (κ3) is 5.88. The van der Waals surface area contributed by atoms with Gasteiger partial charge in [0.1, 0.15) is 0 Å². The van der Waals surface area contributed by atoms with Crippen molar-refractivity contribution in [3.63, 3.8) is 0 Å². The van der Waals surface area contributed by atoms with E-state index in [0.29, 0.717) is 0 Å². The molecule has 0 aliphatic heterocycles. The molecule has 0 saturated heterocycles. The van der Waals surface area contributed by atoms with Crippen LogP contribution in [0.4, 0.5) is 48.3 Å². The van der Waals surface area contributed by atoms with Gasteiger partial charge in [-0.3, -0.25) is 0 Å². The summed E-state index contributed by atoms with van der Waals surface area (Å²) in [6, 6.07) is 0. The number of carbonyl (C=O) groups is 1. The van der Waals surface area contributed by atoms with Gasteiger partial charge in [0.2, 0.25) is 0 Å². The van der Waals surface area contributed by atoms with E-state index in [-0.39, 0.29) is 17.6 Å². The highest BCUT2D eigenvalue weighted by Crippen LogP contribution is 2.58. The minimum Gasteiger partial charge on any atom is -0.550 e. The lowest BCUT2D eigenvalue weighted by molar-refractivity contribution is -0.890. The quantitative estimate of drug-likeness (QED) is 0.248. The molecule has 0 rings (SSSR count). The molecule has 0 unspecified atom stereocenters. The minimum absolute atomic E-state index is 0.0952. The van der Waals surface area contributed by atoms with Gasteiger partial charge < -0.3 is 14.4 Å². The van der Waals surface area contributed by atoms with E-state index in [4.69, 9.17) is 0 Å². The zero-order valence-corrected chi connectivity index (χ0v) is 16.5. The second-order valence-corrected chi connectivity index (χ2v) is 8.80. The van der Waals surface area contributed by atoms with Gasteiger partial charge in [-0.05, 0) is 0 Å². The van der Waals surface area contributed by atoms with Crippen LogP contribution in [0.1, 0.15) is 12.8 Å². The number of halogens is 11. The summed E-state index contributed by atoms with van der Waals surface area (Å²) in [5, 5.41) is 3.30. The van der Waals surface area contributed by atoms with Gasteiger partial charge in [0.05, 0.1) is 27.2 Å². The molecule has 0 amide bonds. The Morgan fingerprint density at radius 2 is 1.29 bits per heavy atom. The van der Waals surface area contributed by atoms with E-state index in [1.54, 1.807) is 0 Å². The molecule has 0 bridgehead atoms. The summed E-state index contributed by atoms with van der Waals surface area (Å²) in [6.45, 7) is -1.40. The molecule has 0 spiro atoms. The van der Waals surface area contributed by atoms with Crippen molar-refractivity contribution >= 4 is 16.0 Å². The van der Waals surface area contributed by atoms with Gasteiger partial charge in [-0.25, -0.2) is 13.1 Å². The molecular weight excluding hydrogens is 489 g/mol. The topological polar surface area (TPSA) is 86.3 Å². The summed E-state index contributed by atoms with van der Waals surface area (Å²) in [5.74, 6) is -24.6. The summed E-state index contributed by atoms with van der Waals surface area (Å²) in [5.41, 5.74) is 0. The van der Waals surface area contributed by atoms with Crippen LogP contribution in [0.5, 0.6) is 0 Å². The molecule has 0 atom stereocenters. The van der Waals surface area contributed by atoms with E-state index < -0.39 is 64.6 Å². The molecular formula is C13H17F11N2O4S.